The van der Waals surface area contributed by atoms with Crippen molar-refractivity contribution in [1.82, 2.24) is 14.5 Å². The fourth-order valence-electron chi connectivity index (χ4n) is 2.83. The molecule has 0 spiro atoms. The summed E-state index contributed by atoms with van der Waals surface area (Å²) in [6.07, 6.45) is -2.92. The Labute approximate surface area is 168 Å². The molecule has 148 valence electrons. The third-order valence-electron chi connectivity index (χ3n) is 4.24. The Morgan fingerprint density at radius 1 is 1.07 bits per heavy atom. The summed E-state index contributed by atoms with van der Waals surface area (Å²) in [4.78, 5) is 8.57. The number of alkyl halides is 3. The number of halogens is 4. The molecule has 0 aliphatic rings. The molecular weight excluding hydrogens is 405 g/mol. The standard InChI is InChI=1S/C20H14ClF3N4O/c1-28-17-8-6-13(29-18-4-2-3-9-25-18)11-16(17)27-19(28)26-12-5-7-15(21)14(10-12)20(22,23)24/h2-11H,1H3,(H,26,27). The monoisotopic (exact) mass is 418 g/mol. The number of imidazole rings is 1. The lowest BCUT2D eigenvalue weighted by atomic mass is 10.2. The molecule has 2 aromatic heterocycles. The van der Waals surface area contributed by atoms with Gasteiger partial charge in [-0.3, -0.25) is 0 Å². The first-order chi connectivity index (χ1) is 13.8. The number of pyridine rings is 1. The number of ether oxygens (including phenoxy) is 1. The Balaban J connectivity index is 1.64. The Kier molecular flexibility index (Phi) is 4.79. The van der Waals surface area contributed by atoms with E-state index in [1.54, 1.807) is 42.1 Å². The maximum Gasteiger partial charge on any atom is 0.417 e. The van der Waals surface area contributed by atoms with E-state index in [-0.39, 0.29) is 10.7 Å². The molecule has 2 aromatic carbocycles. The van der Waals surface area contributed by atoms with Crippen LogP contribution in [0.5, 0.6) is 11.6 Å². The molecule has 0 aliphatic carbocycles. The summed E-state index contributed by atoms with van der Waals surface area (Å²) in [5.74, 6) is 1.37. The minimum Gasteiger partial charge on any atom is -0.439 e. The van der Waals surface area contributed by atoms with E-state index in [0.29, 0.717) is 23.1 Å². The Bertz CT molecular complexity index is 1180. The minimum atomic E-state index is -4.54. The van der Waals surface area contributed by atoms with Crippen molar-refractivity contribution in [2.24, 2.45) is 7.05 Å². The zero-order valence-corrected chi connectivity index (χ0v) is 15.8. The van der Waals surface area contributed by atoms with Crippen LogP contribution in [0.15, 0.2) is 60.8 Å². The van der Waals surface area contributed by atoms with Crippen LogP contribution in [-0.2, 0) is 13.2 Å². The second-order valence-electron chi connectivity index (χ2n) is 6.23. The van der Waals surface area contributed by atoms with Crippen LogP contribution in [0.1, 0.15) is 5.56 Å². The molecule has 0 saturated carbocycles. The van der Waals surface area contributed by atoms with Gasteiger partial charge >= 0.3 is 6.18 Å². The maximum atomic E-state index is 13.1. The predicted octanol–water partition coefficient (Wildman–Crippen LogP) is 6.18. The van der Waals surface area contributed by atoms with Gasteiger partial charge in [0.1, 0.15) is 5.75 Å². The van der Waals surface area contributed by atoms with Gasteiger partial charge in [-0.25, -0.2) is 9.97 Å². The largest absolute Gasteiger partial charge is 0.439 e. The molecule has 29 heavy (non-hydrogen) atoms. The zero-order chi connectivity index (χ0) is 20.6. The summed E-state index contributed by atoms with van der Waals surface area (Å²) in [6.45, 7) is 0. The molecule has 2 heterocycles. The van der Waals surface area contributed by atoms with E-state index in [1.807, 2.05) is 12.1 Å². The topological polar surface area (TPSA) is 52.0 Å². The highest BCUT2D eigenvalue weighted by molar-refractivity contribution is 6.31. The number of anilines is 2. The van der Waals surface area contributed by atoms with Crippen LogP contribution in [0.25, 0.3) is 11.0 Å². The lowest BCUT2D eigenvalue weighted by molar-refractivity contribution is -0.137. The number of hydrogen-bond donors (Lipinski definition) is 1. The summed E-state index contributed by atoms with van der Waals surface area (Å²) >= 11 is 5.68. The Morgan fingerprint density at radius 2 is 1.90 bits per heavy atom. The molecular formula is C20H14ClF3N4O. The van der Waals surface area contributed by atoms with Gasteiger partial charge in [0.2, 0.25) is 11.8 Å². The van der Waals surface area contributed by atoms with E-state index in [2.05, 4.69) is 15.3 Å². The summed E-state index contributed by atoms with van der Waals surface area (Å²) < 4.78 is 46.7. The van der Waals surface area contributed by atoms with Gasteiger partial charge in [0.15, 0.2) is 0 Å². The SMILES string of the molecule is Cn1c(Nc2ccc(Cl)c(C(F)(F)F)c2)nc2cc(Oc3ccccn3)ccc21. The van der Waals surface area contributed by atoms with Gasteiger partial charge in [-0.2, -0.15) is 13.2 Å². The minimum absolute atomic E-state index is 0.227. The summed E-state index contributed by atoms with van der Waals surface area (Å²) in [5.41, 5.74) is 0.721. The molecule has 0 atom stereocenters. The van der Waals surface area contributed by atoms with Crippen LogP contribution in [-0.4, -0.2) is 14.5 Å². The van der Waals surface area contributed by atoms with Gasteiger partial charge in [0, 0.05) is 31.1 Å². The summed E-state index contributed by atoms with van der Waals surface area (Å²) in [6, 6.07) is 14.3. The van der Waals surface area contributed by atoms with Crippen LogP contribution in [0.3, 0.4) is 0 Å². The van der Waals surface area contributed by atoms with Crippen LogP contribution in [0, 0.1) is 0 Å². The molecule has 1 N–H and O–H groups in total. The van der Waals surface area contributed by atoms with Crippen LogP contribution in [0.4, 0.5) is 24.8 Å². The lowest BCUT2D eigenvalue weighted by Gasteiger charge is -2.12. The van der Waals surface area contributed by atoms with Gasteiger partial charge in [-0.05, 0) is 36.4 Å². The van der Waals surface area contributed by atoms with E-state index in [0.717, 1.165) is 11.6 Å². The summed E-state index contributed by atoms with van der Waals surface area (Å²) in [7, 11) is 1.76. The number of hydrogen-bond acceptors (Lipinski definition) is 4. The number of aryl methyl sites for hydroxylation is 1. The fourth-order valence-corrected chi connectivity index (χ4v) is 3.06. The normalized spacial score (nSPS) is 11.6. The Morgan fingerprint density at radius 3 is 2.62 bits per heavy atom. The fraction of sp³-hybridized carbons (Fsp3) is 0.100. The maximum absolute atomic E-state index is 13.1. The second-order valence-corrected chi connectivity index (χ2v) is 6.64. The van der Waals surface area contributed by atoms with Crippen molar-refractivity contribution in [3.63, 3.8) is 0 Å². The third-order valence-corrected chi connectivity index (χ3v) is 4.57. The van der Waals surface area contributed by atoms with Crippen molar-refractivity contribution in [2.45, 2.75) is 6.18 Å². The highest BCUT2D eigenvalue weighted by Crippen LogP contribution is 2.37. The van der Waals surface area contributed by atoms with E-state index in [1.165, 1.54) is 12.1 Å². The molecule has 0 amide bonds. The smallest absolute Gasteiger partial charge is 0.417 e. The van der Waals surface area contributed by atoms with Crippen LogP contribution >= 0.6 is 11.6 Å². The molecule has 0 radical (unpaired) electrons. The number of benzene rings is 2. The third kappa shape index (κ3) is 3.97. The first kappa shape index (κ1) is 19.1. The van der Waals surface area contributed by atoms with Crippen molar-refractivity contribution in [2.75, 3.05) is 5.32 Å². The highest BCUT2D eigenvalue weighted by atomic mass is 35.5. The number of rotatable bonds is 4. The number of nitrogens with one attached hydrogen (secondary N) is 1. The first-order valence-electron chi connectivity index (χ1n) is 8.50. The number of fused-ring (bicyclic) bond motifs is 1. The predicted molar refractivity (Wildman–Crippen MR) is 105 cm³/mol. The lowest BCUT2D eigenvalue weighted by Crippen LogP contribution is -2.07. The van der Waals surface area contributed by atoms with Crippen molar-refractivity contribution in [3.05, 3.63) is 71.4 Å². The van der Waals surface area contributed by atoms with Gasteiger partial charge in [-0.15, -0.1) is 0 Å². The highest BCUT2D eigenvalue weighted by Gasteiger charge is 2.33. The van der Waals surface area contributed by atoms with Crippen molar-refractivity contribution in [3.8, 4) is 11.6 Å². The van der Waals surface area contributed by atoms with E-state index < -0.39 is 11.7 Å². The van der Waals surface area contributed by atoms with Gasteiger partial charge in [0.25, 0.3) is 0 Å². The van der Waals surface area contributed by atoms with E-state index >= 15 is 0 Å². The van der Waals surface area contributed by atoms with Gasteiger partial charge < -0.3 is 14.6 Å². The Hall–Kier alpha value is -3.26. The van der Waals surface area contributed by atoms with E-state index in [4.69, 9.17) is 16.3 Å². The molecule has 4 aromatic rings. The zero-order valence-electron chi connectivity index (χ0n) is 15.0. The summed E-state index contributed by atoms with van der Waals surface area (Å²) in [5, 5.41) is 2.55. The molecule has 0 unspecified atom stereocenters. The molecule has 5 nitrogen and oxygen atoms in total. The molecule has 0 fully saturated rings. The van der Waals surface area contributed by atoms with Crippen molar-refractivity contribution < 1.29 is 17.9 Å². The van der Waals surface area contributed by atoms with Crippen molar-refractivity contribution >= 4 is 34.3 Å². The first-order valence-corrected chi connectivity index (χ1v) is 8.88. The number of nitrogens with zero attached hydrogens (tertiary/aromatic N) is 3. The average molecular weight is 419 g/mol. The molecule has 0 bridgehead atoms. The second kappa shape index (κ2) is 7.29. The van der Waals surface area contributed by atoms with Crippen LogP contribution in [0.2, 0.25) is 5.02 Å². The van der Waals surface area contributed by atoms with Crippen LogP contribution < -0.4 is 10.1 Å². The van der Waals surface area contributed by atoms with Gasteiger partial charge in [-0.1, -0.05) is 17.7 Å². The average Bonchev–Trinajstić information content (AvgIpc) is 2.98. The quantitative estimate of drug-likeness (QED) is 0.430. The molecule has 0 saturated heterocycles. The van der Waals surface area contributed by atoms with E-state index in [9.17, 15) is 13.2 Å². The molecule has 9 heteroatoms. The van der Waals surface area contributed by atoms with Crippen molar-refractivity contribution in [1.29, 1.82) is 0 Å². The number of aromatic nitrogens is 3. The molecule has 0 aliphatic heterocycles. The van der Waals surface area contributed by atoms with Gasteiger partial charge in [0.05, 0.1) is 21.6 Å². The molecule has 4 rings (SSSR count).